The summed E-state index contributed by atoms with van der Waals surface area (Å²) in [6.07, 6.45) is 1.61. The quantitative estimate of drug-likeness (QED) is 0.462. The molecule has 2 aromatic rings. The molecule has 4 N–H and O–H groups in total. The largest absolute Gasteiger partial charge is 0.480 e. The number of nitrogens with one attached hydrogen (secondary N) is 2. The Labute approximate surface area is 203 Å². The number of carbonyl (C=O) groups excluding carboxylic acids is 2. The first kappa shape index (κ1) is 23.4. The molecule has 5 atom stereocenters. The number of aliphatic hydroxyl groups is 1. The standard InChI is InChI=1S/C27H30N2O6/c30-10-9-23(26(32)33)28-25(31)16-11-15-13-24(21(15)12-16)29-27(34)35-14-22-19-7-3-1-5-17(19)18-6-2-4-8-20(18)22/h1-8,15-16,21-24,30H,9-14H2,(H,28,31)(H,29,34)(H,32,33)/t15?,16?,21?,23-,24?/m0/s1. The second-order valence-corrected chi connectivity index (χ2v) is 9.82. The molecule has 0 aromatic heterocycles. The number of alkyl carbamates (subject to hydrolysis) is 1. The maximum absolute atomic E-state index is 12.6. The Balaban J connectivity index is 1.13. The van der Waals surface area contributed by atoms with E-state index in [9.17, 15) is 19.5 Å². The molecule has 2 saturated carbocycles. The zero-order valence-electron chi connectivity index (χ0n) is 19.4. The summed E-state index contributed by atoms with van der Waals surface area (Å²) < 4.78 is 5.66. The molecule has 0 heterocycles. The summed E-state index contributed by atoms with van der Waals surface area (Å²) >= 11 is 0. The smallest absolute Gasteiger partial charge is 0.407 e. The zero-order chi connectivity index (χ0) is 24.5. The first-order valence-electron chi connectivity index (χ1n) is 12.2. The third kappa shape index (κ3) is 4.50. The minimum atomic E-state index is -1.15. The molecule has 0 radical (unpaired) electrons. The molecule has 0 spiro atoms. The van der Waals surface area contributed by atoms with Crippen LogP contribution in [0.5, 0.6) is 0 Å². The van der Waals surface area contributed by atoms with Gasteiger partial charge in [0.2, 0.25) is 5.91 Å². The third-order valence-electron chi connectivity index (χ3n) is 7.87. The average Bonchev–Trinajstić information content (AvgIpc) is 3.36. The molecule has 5 rings (SSSR count). The van der Waals surface area contributed by atoms with E-state index in [0.29, 0.717) is 18.8 Å². The van der Waals surface area contributed by atoms with Crippen LogP contribution in [0.15, 0.2) is 48.5 Å². The van der Waals surface area contributed by atoms with E-state index in [1.165, 1.54) is 11.1 Å². The second kappa shape index (κ2) is 9.70. The van der Waals surface area contributed by atoms with Crippen molar-refractivity contribution in [1.82, 2.24) is 10.6 Å². The number of rotatable bonds is 8. The van der Waals surface area contributed by atoms with Gasteiger partial charge in [0.25, 0.3) is 0 Å². The monoisotopic (exact) mass is 478 g/mol. The Kier molecular flexibility index (Phi) is 6.47. The van der Waals surface area contributed by atoms with Crippen molar-refractivity contribution in [2.45, 2.75) is 43.7 Å². The summed E-state index contributed by atoms with van der Waals surface area (Å²) in [4.78, 5) is 36.4. The van der Waals surface area contributed by atoms with E-state index in [0.717, 1.165) is 17.5 Å². The van der Waals surface area contributed by atoms with Crippen LogP contribution < -0.4 is 10.6 Å². The third-order valence-corrected chi connectivity index (χ3v) is 7.87. The minimum absolute atomic E-state index is 0.00273. The molecule has 2 amide bonds. The van der Waals surface area contributed by atoms with Gasteiger partial charge in [-0.05, 0) is 53.4 Å². The molecule has 0 bridgehead atoms. The van der Waals surface area contributed by atoms with Crippen LogP contribution in [0.3, 0.4) is 0 Å². The summed E-state index contributed by atoms with van der Waals surface area (Å²) in [6, 6.07) is 15.3. The normalized spacial score (nSPS) is 24.9. The summed E-state index contributed by atoms with van der Waals surface area (Å²) in [5, 5.41) is 23.7. The lowest BCUT2D eigenvalue weighted by atomic mass is 9.71. The lowest BCUT2D eigenvalue weighted by molar-refractivity contribution is -0.142. The van der Waals surface area contributed by atoms with Crippen molar-refractivity contribution in [3.8, 4) is 11.1 Å². The van der Waals surface area contributed by atoms with Crippen molar-refractivity contribution in [2.24, 2.45) is 17.8 Å². The van der Waals surface area contributed by atoms with Crippen LogP contribution in [-0.2, 0) is 14.3 Å². The molecule has 184 valence electrons. The summed E-state index contributed by atoms with van der Waals surface area (Å²) in [7, 11) is 0. The summed E-state index contributed by atoms with van der Waals surface area (Å²) in [6.45, 7) is -0.0492. The van der Waals surface area contributed by atoms with Crippen LogP contribution >= 0.6 is 0 Å². The van der Waals surface area contributed by atoms with Crippen molar-refractivity contribution in [3.63, 3.8) is 0 Å². The van der Waals surface area contributed by atoms with Gasteiger partial charge in [-0.2, -0.15) is 0 Å². The van der Waals surface area contributed by atoms with Gasteiger partial charge in [0.1, 0.15) is 12.6 Å². The number of carboxylic acid groups (broad SMARTS) is 1. The number of ether oxygens (including phenoxy) is 1. The van der Waals surface area contributed by atoms with E-state index in [1.54, 1.807) is 0 Å². The fraction of sp³-hybridized carbons (Fsp3) is 0.444. The molecule has 8 heteroatoms. The Morgan fingerprint density at radius 1 is 0.971 bits per heavy atom. The first-order chi connectivity index (χ1) is 17.0. The number of carboxylic acids is 1. The molecule has 4 unspecified atom stereocenters. The lowest BCUT2D eigenvalue weighted by Gasteiger charge is -2.40. The van der Waals surface area contributed by atoms with Crippen LogP contribution in [-0.4, -0.2) is 53.5 Å². The van der Waals surface area contributed by atoms with Crippen LogP contribution in [0.1, 0.15) is 42.7 Å². The Morgan fingerprint density at radius 3 is 2.26 bits per heavy atom. The highest BCUT2D eigenvalue weighted by Gasteiger charge is 2.50. The van der Waals surface area contributed by atoms with E-state index in [4.69, 9.17) is 9.84 Å². The van der Waals surface area contributed by atoms with Gasteiger partial charge in [-0.3, -0.25) is 4.79 Å². The molecule has 0 saturated heterocycles. The number of amides is 2. The van der Waals surface area contributed by atoms with Crippen molar-refractivity contribution < 1.29 is 29.3 Å². The number of hydrogen-bond donors (Lipinski definition) is 4. The molecule has 2 fully saturated rings. The van der Waals surface area contributed by atoms with Crippen LogP contribution in [0.4, 0.5) is 4.79 Å². The van der Waals surface area contributed by atoms with Crippen molar-refractivity contribution in [3.05, 3.63) is 59.7 Å². The van der Waals surface area contributed by atoms with Gasteiger partial charge in [0, 0.05) is 30.9 Å². The van der Waals surface area contributed by atoms with E-state index >= 15 is 0 Å². The van der Waals surface area contributed by atoms with Gasteiger partial charge in [0.05, 0.1) is 0 Å². The van der Waals surface area contributed by atoms with Crippen LogP contribution in [0, 0.1) is 17.8 Å². The molecule has 3 aliphatic carbocycles. The van der Waals surface area contributed by atoms with Gasteiger partial charge < -0.3 is 25.6 Å². The highest BCUT2D eigenvalue weighted by Crippen LogP contribution is 2.50. The predicted octanol–water partition coefficient (Wildman–Crippen LogP) is 2.89. The maximum Gasteiger partial charge on any atom is 0.407 e. The lowest BCUT2D eigenvalue weighted by Crippen LogP contribution is -2.50. The van der Waals surface area contributed by atoms with Gasteiger partial charge in [0.15, 0.2) is 0 Å². The zero-order valence-corrected chi connectivity index (χ0v) is 19.4. The van der Waals surface area contributed by atoms with E-state index < -0.39 is 18.1 Å². The highest BCUT2D eigenvalue weighted by atomic mass is 16.5. The topological polar surface area (TPSA) is 125 Å². The van der Waals surface area contributed by atoms with E-state index in [1.807, 2.05) is 24.3 Å². The first-order valence-corrected chi connectivity index (χ1v) is 12.2. The van der Waals surface area contributed by atoms with Gasteiger partial charge in [-0.25, -0.2) is 9.59 Å². The molecule has 0 aliphatic heterocycles. The van der Waals surface area contributed by atoms with Crippen molar-refractivity contribution >= 4 is 18.0 Å². The predicted molar refractivity (Wildman–Crippen MR) is 128 cm³/mol. The van der Waals surface area contributed by atoms with E-state index in [-0.39, 0.29) is 49.3 Å². The van der Waals surface area contributed by atoms with E-state index in [2.05, 4.69) is 34.9 Å². The molecular weight excluding hydrogens is 448 g/mol. The highest BCUT2D eigenvalue weighted by molar-refractivity contribution is 5.85. The van der Waals surface area contributed by atoms with Gasteiger partial charge in [-0.15, -0.1) is 0 Å². The molecular formula is C27H30N2O6. The molecule has 3 aliphatic rings. The van der Waals surface area contributed by atoms with Crippen LogP contribution in [0.25, 0.3) is 11.1 Å². The number of aliphatic hydroxyl groups excluding tert-OH is 1. The fourth-order valence-corrected chi connectivity index (χ4v) is 6.07. The number of fused-ring (bicyclic) bond motifs is 4. The van der Waals surface area contributed by atoms with Crippen LogP contribution in [0.2, 0.25) is 0 Å². The molecule has 2 aromatic carbocycles. The number of carbonyl (C=O) groups is 3. The number of benzene rings is 2. The average molecular weight is 479 g/mol. The summed E-state index contributed by atoms with van der Waals surface area (Å²) in [5.41, 5.74) is 4.68. The summed E-state index contributed by atoms with van der Waals surface area (Å²) in [5.74, 6) is -1.19. The Bertz CT molecular complexity index is 1090. The van der Waals surface area contributed by atoms with Gasteiger partial charge >= 0.3 is 12.1 Å². The van der Waals surface area contributed by atoms with Gasteiger partial charge in [-0.1, -0.05) is 48.5 Å². The second-order valence-electron chi connectivity index (χ2n) is 9.82. The minimum Gasteiger partial charge on any atom is -0.480 e. The Hall–Kier alpha value is -3.39. The Morgan fingerprint density at radius 2 is 1.63 bits per heavy atom. The molecule has 8 nitrogen and oxygen atoms in total. The number of hydrogen-bond acceptors (Lipinski definition) is 5. The number of aliphatic carboxylic acids is 1. The molecule has 35 heavy (non-hydrogen) atoms. The SMILES string of the molecule is O=C(NC1CC2CC(C(=O)N[C@@H](CCO)C(=O)O)CC21)OCC1c2ccccc2-c2ccccc21. The maximum atomic E-state index is 12.6. The van der Waals surface area contributed by atoms with Crippen molar-refractivity contribution in [2.75, 3.05) is 13.2 Å². The fourth-order valence-electron chi connectivity index (χ4n) is 6.07. The van der Waals surface area contributed by atoms with Crippen molar-refractivity contribution in [1.29, 1.82) is 0 Å².